The average Bonchev–Trinajstić information content (AvgIpc) is 3.04. The Hall–Kier alpha value is -3.48. The smallest absolute Gasteiger partial charge is 0.338 e. The molecule has 7 heteroatoms. The van der Waals surface area contributed by atoms with Crippen LogP contribution in [0.4, 0.5) is 10.1 Å². The molecule has 0 spiro atoms. The lowest BCUT2D eigenvalue weighted by Crippen LogP contribution is -2.13. The number of ether oxygens (including phenoxy) is 1. The lowest BCUT2D eigenvalue weighted by atomic mass is 10.2. The predicted molar refractivity (Wildman–Crippen MR) is 98.6 cm³/mol. The summed E-state index contributed by atoms with van der Waals surface area (Å²) in [7, 11) is 0. The second-order valence-electron chi connectivity index (χ2n) is 5.79. The van der Waals surface area contributed by atoms with Crippen LogP contribution in [0, 0.1) is 12.7 Å². The standard InChI is InChI=1S/C20H18FN3O3/c1-3-27-20(26)14-8-10-15(11-9-14)22-19(25)17-12-13(2)24(23-17)18-7-5-4-6-16(18)21/h4-12H,3H2,1-2H3,(H,22,25). The van der Waals surface area contributed by atoms with Crippen molar-refractivity contribution in [3.8, 4) is 5.69 Å². The molecule has 6 nitrogen and oxygen atoms in total. The highest BCUT2D eigenvalue weighted by Crippen LogP contribution is 2.17. The van der Waals surface area contributed by atoms with E-state index in [4.69, 9.17) is 4.74 Å². The molecule has 0 bridgehead atoms. The number of hydrogen-bond acceptors (Lipinski definition) is 4. The van der Waals surface area contributed by atoms with Crippen molar-refractivity contribution in [1.82, 2.24) is 9.78 Å². The average molecular weight is 367 g/mol. The maximum Gasteiger partial charge on any atom is 0.338 e. The van der Waals surface area contributed by atoms with Gasteiger partial charge in [-0.05, 0) is 56.3 Å². The minimum atomic E-state index is -0.433. The number of aryl methyl sites for hydroxylation is 1. The van der Waals surface area contributed by atoms with Crippen LogP contribution in [0.25, 0.3) is 5.69 Å². The molecule has 0 radical (unpaired) electrons. The maximum atomic E-state index is 14.0. The molecule has 1 aromatic heterocycles. The fourth-order valence-electron chi connectivity index (χ4n) is 2.55. The fraction of sp³-hybridized carbons (Fsp3) is 0.150. The zero-order valence-corrected chi connectivity index (χ0v) is 14.9. The highest BCUT2D eigenvalue weighted by molar-refractivity contribution is 6.03. The first-order valence-corrected chi connectivity index (χ1v) is 8.39. The summed E-state index contributed by atoms with van der Waals surface area (Å²) in [5, 5.41) is 6.90. The number of amides is 1. The lowest BCUT2D eigenvalue weighted by Gasteiger charge is -2.06. The van der Waals surface area contributed by atoms with Gasteiger partial charge in [0.25, 0.3) is 5.91 Å². The van der Waals surface area contributed by atoms with Gasteiger partial charge in [-0.3, -0.25) is 4.79 Å². The Kier molecular flexibility index (Phi) is 5.30. The third-order valence-corrected chi connectivity index (χ3v) is 3.85. The zero-order chi connectivity index (χ0) is 19.4. The Bertz CT molecular complexity index is 980. The normalized spacial score (nSPS) is 10.5. The van der Waals surface area contributed by atoms with E-state index in [0.29, 0.717) is 23.6 Å². The Morgan fingerprint density at radius 2 is 1.85 bits per heavy atom. The third-order valence-electron chi connectivity index (χ3n) is 3.85. The second-order valence-corrected chi connectivity index (χ2v) is 5.79. The highest BCUT2D eigenvalue weighted by Gasteiger charge is 2.15. The van der Waals surface area contributed by atoms with E-state index in [0.717, 1.165) is 0 Å². The van der Waals surface area contributed by atoms with Gasteiger partial charge in [0.15, 0.2) is 5.69 Å². The van der Waals surface area contributed by atoms with Crippen molar-refractivity contribution in [3.63, 3.8) is 0 Å². The van der Waals surface area contributed by atoms with Crippen molar-refractivity contribution in [2.24, 2.45) is 0 Å². The van der Waals surface area contributed by atoms with Crippen molar-refractivity contribution in [2.75, 3.05) is 11.9 Å². The summed E-state index contributed by atoms with van der Waals surface area (Å²) in [6, 6.07) is 14.1. The quantitative estimate of drug-likeness (QED) is 0.697. The third kappa shape index (κ3) is 4.03. The van der Waals surface area contributed by atoms with Crippen LogP contribution in [0.3, 0.4) is 0 Å². The van der Waals surface area contributed by atoms with E-state index in [1.54, 1.807) is 62.4 Å². The second kappa shape index (κ2) is 7.82. The van der Waals surface area contributed by atoms with Crippen LogP contribution in [0.1, 0.15) is 33.5 Å². The summed E-state index contributed by atoms with van der Waals surface area (Å²) < 4.78 is 20.3. The van der Waals surface area contributed by atoms with Gasteiger partial charge in [0.2, 0.25) is 0 Å². The largest absolute Gasteiger partial charge is 0.462 e. The summed E-state index contributed by atoms with van der Waals surface area (Å²) in [5.41, 5.74) is 1.96. The number of aromatic nitrogens is 2. The molecular weight excluding hydrogens is 349 g/mol. The van der Waals surface area contributed by atoms with Crippen LogP contribution in [-0.4, -0.2) is 28.3 Å². The molecule has 0 aliphatic carbocycles. The Morgan fingerprint density at radius 3 is 2.52 bits per heavy atom. The van der Waals surface area contributed by atoms with Gasteiger partial charge in [0.1, 0.15) is 11.5 Å². The van der Waals surface area contributed by atoms with Crippen molar-refractivity contribution >= 4 is 17.6 Å². The van der Waals surface area contributed by atoms with E-state index < -0.39 is 17.7 Å². The summed E-state index contributed by atoms with van der Waals surface area (Å²) >= 11 is 0. The molecule has 0 unspecified atom stereocenters. The number of esters is 1. The van der Waals surface area contributed by atoms with Gasteiger partial charge in [0.05, 0.1) is 12.2 Å². The number of nitrogens with zero attached hydrogens (tertiary/aromatic N) is 2. The van der Waals surface area contributed by atoms with Crippen LogP contribution in [0.15, 0.2) is 54.6 Å². The first kappa shape index (κ1) is 18.3. The summed E-state index contributed by atoms with van der Waals surface area (Å²) in [6.07, 6.45) is 0. The van der Waals surface area contributed by atoms with Crippen molar-refractivity contribution in [2.45, 2.75) is 13.8 Å². The molecule has 1 N–H and O–H groups in total. The number of halogens is 1. The van der Waals surface area contributed by atoms with E-state index in [1.165, 1.54) is 10.7 Å². The van der Waals surface area contributed by atoms with Gasteiger partial charge in [-0.2, -0.15) is 5.10 Å². The number of anilines is 1. The van der Waals surface area contributed by atoms with Gasteiger partial charge < -0.3 is 10.1 Å². The molecule has 0 atom stereocenters. The molecule has 138 valence electrons. The van der Waals surface area contributed by atoms with Crippen LogP contribution in [0.2, 0.25) is 0 Å². The molecule has 27 heavy (non-hydrogen) atoms. The summed E-state index contributed by atoms with van der Waals surface area (Å²) in [4.78, 5) is 24.1. The van der Waals surface area contributed by atoms with Crippen molar-refractivity contribution < 1.29 is 18.7 Å². The molecule has 1 heterocycles. The van der Waals surface area contributed by atoms with Gasteiger partial charge in [-0.1, -0.05) is 12.1 Å². The van der Waals surface area contributed by atoms with E-state index in [2.05, 4.69) is 10.4 Å². The SMILES string of the molecule is CCOC(=O)c1ccc(NC(=O)c2cc(C)n(-c3ccccc3F)n2)cc1. The molecule has 0 saturated carbocycles. The van der Waals surface area contributed by atoms with Gasteiger partial charge in [-0.15, -0.1) is 0 Å². The van der Waals surface area contributed by atoms with E-state index in [9.17, 15) is 14.0 Å². The topological polar surface area (TPSA) is 73.2 Å². The fourth-order valence-corrected chi connectivity index (χ4v) is 2.55. The lowest BCUT2D eigenvalue weighted by molar-refractivity contribution is 0.0526. The Balaban J connectivity index is 1.76. The highest BCUT2D eigenvalue weighted by atomic mass is 19.1. The maximum absolute atomic E-state index is 14.0. The molecule has 3 aromatic rings. The predicted octanol–water partition coefficient (Wildman–Crippen LogP) is 3.75. The number of carbonyl (C=O) groups is 2. The monoisotopic (exact) mass is 367 g/mol. The molecule has 0 fully saturated rings. The van der Waals surface area contributed by atoms with Crippen molar-refractivity contribution in [1.29, 1.82) is 0 Å². The Labute approximate surface area is 155 Å². The summed E-state index contributed by atoms with van der Waals surface area (Å²) in [6.45, 7) is 3.76. The number of benzene rings is 2. The van der Waals surface area contributed by atoms with Gasteiger partial charge in [0, 0.05) is 11.4 Å². The number of hydrogen-bond donors (Lipinski definition) is 1. The van der Waals surface area contributed by atoms with Gasteiger partial charge in [-0.25, -0.2) is 13.9 Å². The molecule has 0 aliphatic heterocycles. The summed E-state index contributed by atoms with van der Waals surface area (Å²) in [5.74, 6) is -1.28. The zero-order valence-electron chi connectivity index (χ0n) is 14.9. The number of carbonyl (C=O) groups excluding carboxylic acids is 2. The van der Waals surface area contributed by atoms with Crippen LogP contribution >= 0.6 is 0 Å². The number of rotatable bonds is 5. The van der Waals surface area contributed by atoms with E-state index in [-0.39, 0.29) is 11.4 Å². The molecule has 0 saturated heterocycles. The minimum absolute atomic E-state index is 0.158. The number of para-hydroxylation sites is 1. The molecule has 0 aliphatic rings. The minimum Gasteiger partial charge on any atom is -0.462 e. The van der Waals surface area contributed by atoms with E-state index >= 15 is 0 Å². The molecule has 1 amide bonds. The van der Waals surface area contributed by atoms with Crippen LogP contribution < -0.4 is 5.32 Å². The molecule has 3 rings (SSSR count). The Morgan fingerprint density at radius 1 is 1.15 bits per heavy atom. The first-order chi connectivity index (χ1) is 13.0. The molecule has 2 aromatic carbocycles. The van der Waals surface area contributed by atoms with Crippen LogP contribution in [-0.2, 0) is 4.74 Å². The molecular formula is C20H18FN3O3. The first-order valence-electron chi connectivity index (χ1n) is 8.39. The van der Waals surface area contributed by atoms with E-state index in [1.807, 2.05) is 0 Å². The van der Waals surface area contributed by atoms with Crippen molar-refractivity contribution in [3.05, 3.63) is 77.4 Å². The van der Waals surface area contributed by atoms with Gasteiger partial charge >= 0.3 is 5.97 Å². The number of nitrogens with one attached hydrogen (secondary N) is 1. The van der Waals surface area contributed by atoms with Crippen LogP contribution in [0.5, 0.6) is 0 Å².